The van der Waals surface area contributed by atoms with Gasteiger partial charge in [0, 0.05) is 17.6 Å². The molecule has 0 radical (unpaired) electrons. The first-order valence-corrected chi connectivity index (χ1v) is 9.28. The van der Waals surface area contributed by atoms with E-state index in [9.17, 15) is 4.79 Å². The lowest BCUT2D eigenvalue weighted by atomic mass is 9.96. The van der Waals surface area contributed by atoms with E-state index in [0.717, 1.165) is 29.5 Å². The van der Waals surface area contributed by atoms with E-state index in [1.54, 1.807) is 12.3 Å². The van der Waals surface area contributed by atoms with Crippen molar-refractivity contribution in [3.8, 4) is 28.9 Å². The predicted molar refractivity (Wildman–Crippen MR) is 104 cm³/mol. The van der Waals surface area contributed by atoms with E-state index in [4.69, 9.17) is 9.26 Å². The summed E-state index contributed by atoms with van der Waals surface area (Å²) in [6, 6.07) is 11.1. The van der Waals surface area contributed by atoms with Crippen LogP contribution in [0.2, 0.25) is 0 Å². The van der Waals surface area contributed by atoms with Gasteiger partial charge in [-0.25, -0.2) is 0 Å². The summed E-state index contributed by atoms with van der Waals surface area (Å²) < 4.78 is 11.3. The van der Waals surface area contributed by atoms with E-state index in [1.165, 1.54) is 6.42 Å². The number of pyridine rings is 2. The van der Waals surface area contributed by atoms with Crippen LogP contribution in [-0.4, -0.2) is 26.2 Å². The Balaban J connectivity index is 1.52. The number of ether oxygens (including phenoxy) is 1. The molecule has 28 heavy (non-hydrogen) atoms. The van der Waals surface area contributed by atoms with Gasteiger partial charge >= 0.3 is 0 Å². The van der Waals surface area contributed by atoms with E-state index >= 15 is 0 Å². The van der Waals surface area contributed by atoms with Gasteiger partial charge in [0.2, 0.25) is 5.82 Å². The molecule has 0 spiro atoms. The Morgan fingerprint density at radius 1 is 1.18 bits per heavy atom. The second kappa shape index (κ2) is 6.60. The van der Waals surface area contributed by atoms with Crippen LogP contribution in [0, 0.1) is 6.92 Å². The van der Waals surface area contributed by atoms with Crippen molar-refractivity contribution in [1.29, 1.82) is 0 Å². The van der Waals surface area contributed by atoms with Crippen LogP contribution < -0.4 is 10.3 Å². The molecule has 3 heterocycles. The third kappa shape index (κ3) is 2.85. The Labute approximate surface area is 160 Å². The zero-order valence-corrected chi connectivity index (χ0v) is 15.3. The Morgan fingerprint density at radius 2 is 2.00 bits per heavy atom. The minimum atomic E-state index is -0.190. The molecule has 1 aliphatic carbocycles. The maximum Gasteiger partial charge on any atom is 0.275 e. The van der Waals surface area contributed by atoms with Crippen molar-refractivity contribution in [2.24, 2.45) is 0 Å². The minimum absolute atomic E-state index is 0.190. The molecular formula is C21H18N4O3. The largest absolute Gasteiger partial charge is 0.490 e. The molecule has 140 valence electrons. The van der Waals surface area contributed by atoms with Crippen LogP contribution in [0.3, 0.4) is 0 Å². The SMILES string of the molecule is Cc1c(-c2nc(-c3cc(OC4CCC4)ccn3)no2)[nH]c(=O)c2ccccc12. The van der Waals surface area contributed by atoms with Crippen molar-refractivity contribution in [1.82, 2.24) is 20.1 Å². The van der Waals surface area contributed by atoms with E-state index < -0.39 is 0 Å². The molecule has 1 aromatic carbocycles. The maximum absolute atomic E-state index is 12.4. The van der Waals surface area contributed by atoms with Crippen molar-refractivity contribution < 1.29 is 9.26 Å². The van der Waals surface area contributed by atoms with E-state index in [1.807, 2.05) is 37.3 Å². The number of benzene rings is 1. The van der Waals surface area contributed by atoms with Crippen molar-refractivity contribution in [3.05, 3.63) is 58.5 Å². The number of hydrogen-bond donors (Lipinski definition) is 1. The van der Waals surface area contributed by atoms with Crippen LogP contribution in [0.1, 0.15) is 24.8 Å². The summed E-state index contributed by atoms with van der Waals surface area (Å²) >= 11 is 0. The van der Waals surface area contributed by atoms with Gasteiger partial charge in [0.25, 0.3) is 11.4 Å². The number of aryl methyl sites for hydroxylation is 1. The van der Waals surface area contributed by atoms with Crippen LogP contribution in [0.15, 0.2) is 51.9 Å². The topological polar surface area (TPSA) is 93.9 Å². The smallest absolute Gasteiger partial charge is 0.275 e. The molecule has 3 aromatic heterocycles. The fourth-order valence-corrected chi connectivity index (χ4v) is 3.35. The van der Waals surface area contributed by atoms with E-state index in [0.29, 0.717) is 22.6 Å². The molecule has 1 aliphatic rings. The molecule has 1 fully saturated rings. The van der Waals surface area contributed by atoms with E-state index in [-0.39, 0.29) is 17.6 Å². The van der Waals surface area contributed by atoms with Crippen molar-refractivity contribution >= 4 is 10.8 Å². The fraction of sp³-hybridized carbons (Fsp3) is 0.238. The third-order valence-corrected chi connectivity index (χ3v) is 5.14. The standard InChI is InChI=1S/C21H18N4O3/c1-12-15-7-2-3-8-16(15)20(26)23-18(12)21-24-19(25-28-21)17-11-14(9-10-22-17)27-13-5-4-6-13/h2-3,7-11,13H,4-6H2,1H3,(H,23,26). The Kier molecular flexibility index (Phi) is 3.93. The monoisotopic (exact) mass is 374 g/mol. The van der Waals surface area contributed by atoms with Gasteiger partial charge in [-0.05, 0) is 49.3 Å². The summed E-state index contributed by atoms with van der Waals surface area (Å²) in [6.07, 6.45) is 5.32. The Bertz CT molecular complexity index is 1220. The average molecular weight is 374 g/mol. The molecule has 0 aliphatic heterocycles. The average Bonchev–Trinajstić information content (AvgIpc) is 3.18. The number of rotatable bonds is 4. The molecular weight excluding hydrogens is 356 g/mol. The highest BCUT2D eigenvalue weighted by molar-refractivity contribution is 5.88. The fourth-order valence-electron chi connectivity index (χ4n) is 3.35. The first-order chi connectivity index (χ1) is 13.7. The quantitative estimate of drug-likeness (QED) is 0.583. The molecule has 7 nitrogen and oxygen atoms in total. The van der Waals surface area contributed by atoms with Crippen LogP contribution in [0.4, 0.5) is 0 Å². The normalized spacial score (nSPS) is 14.2. The summed E-state index contributed by atoms with van der Waals surface area (Å²) in [4.78, 5) is 24.0. The molecule has 0 bridgehead atoms. The van der Waals surface area contributed by atoms with Gasteiger partial charge in [-0.15, -0.1) is 0 Å². The number of hydrogen-bond acceptors (Lipinski definition) is 6. The Morgan fingerprint density at radius 3 is 2.79 bits per heavy atom. The minimum Gasteiger partial charge on any atom is -0.490 e. The Hall–Kier alpha value is -3.48. The molecule has 0 unspecified atom stereocenters. The lowest BCUT2D eigenvalue weighted by Gasteiger charge is -2.26. The number of aromatic nitrogens is 4. The van der Waals surface area contributed by atoms with Gasteiger partial charge in [0.15, 0.2) is 0 Å². The molecule has 1 N–H and O–H groups in total. The molecule has 1 saturated carbocycles. The van der Waals surface area contributed by atoms with Gasteiger partial charge < -0.3 is 14.2 Å². The van der Waals surface area contributed by atoms with Crippen molar-refractivity contribution in [2.75, 3.05) is 0 Å². The lowest BCUT2D eigenvalue weighted by molar-refractivity contribution is 0.120. The molecule has 0 saturated heterocycles. The van der Waals surface area contributed by atoms with Gasteiger partial charge in [0.1, 0.15) is 17.1 Å². The molecule has 0 atom stereocenters. The number of fused-ring (bicyclic) bond motifs is 1. The molecule has 7 heteroatoms. The predicted octanol–water partition coefficient (Wildman–Crippen LogP) is 3.88. The summed E-state index contributed by atoms with van der Waals surface area (Å²) in [5.74, 6) is 1.35. The first-order valence-electron chi connectivity index (χ1n) is 9.28. The molecule has 5 rings (SSSR count). The van der Waals surface area contributed by atoms with Gasteiger partial charge in [0.05, 0.1) is 6.10 Å². The van der Waals surface area contributed by atoms with Crippen LogP contribution >= 0.6 is 0 Å². The summed E-state index contributed by atoms with van der Waals surface area (Å²) in [5.41, 5.74) is 1.77. The summed E-state index contributed by atoms with van der Waals surface area (Å²) in [5, 5.41) is 5.53. The van der Waals surface area contributed by atoms with Gasteiger partial charge in [-0.3, -0.25) is 9.78 Å². The number of aromatic amines is 1. The highest BCUT2D eigenvalue weighted by atomic mass is 16.5. The molecule has 4 aromatic rings. The number of nitrogens with zero attached hydrogens (tertiary/aromatic N) is 3. The van der Waals surface area contributed by atoms with Gasteiger partial charge in [-0.1, -0.05) is 23.4 Å². The number of H-pyrrole nitrogens is 1. The lowest BCUT2D eigenvalue weighted by Crippen LogP contribution is -2.24. The first kappa shape index (κ1) is 16.7. The van der Waals surface area contributed by atoms with Crippen LogP contribution in [-0.2, 0) is 0 Å². The van der Waals surface area contributed by atoms with Crippen molar-refractivity contribution in [2.45, 2.75) is 32.3 Å². The zero-order chi connectivity index (χ0) is 19.1. The summed E-state index contributed by atoms with van der Waals surface area (Å²) in [6.45, 7) is 1.92. The van der Waals surface area contributed by atoms with Crippen LogP contribution in [0.5, 0.6) is 5.75 Å². The van der Waals surface area contributed by atoms with Crippen LogP contribution in [0.25, 0.3) is 33.9 Å². The second-order valence-corrected chi connectivity index (χ2v) is 6.97. The highest BCUT2D eigenvalue weighted by Crippen LogP contribution is 2.29. The third-order valence-electron chi connectivity index (χ3n) is 5.14. The highest BCUT2D eigenvalue weighted by Gasteiger charge is 2.20. The van der Waals surface area contributed by atoms with E-state index in [2.05, 4.69) is 20.1 Å². The molecule has 0 amide bonds. The maximum atomic E-state index is 12.4. The zero-order valence-electron chi connectivity index (χ0n) is 15.3. The van der Waals surface area contributed by atoms with Crippen molar-refractivity contribution in [3.63, 3.8) is 0 Å². The summed E-state index contributed by atoms with van der Waals surface area (Å²) in [7, 11) is 0. The van der Waals surface area contributed by atoms with Gasteiger partial charge in [-0.2, -0.15) is 4.98 Å². The second-order valence-electron chi connectivity index (χ2n) is 6.97. The number of nitrogens with one attached hydrogen (secondary N) is 1.